The van der Waals surface area contributed by atoms with Gasteiger partial charge in [0.25, 0.3) is 0 Å². The first-order valence-electron chi connectivity index (χ1n) is 6.20. The summed E-state index contributed by atoms with van der Waals surface area (Å²) in [6.45, 7) is 2.51. The van der Waals surface area contributed by atoms with Gasteiger partial charge in [0, 0.05) is 18.8 Å². The molecule has 0 aliphatic carbocycles. The maximum absolute atomic E-state index is 12.0. The Balaban J connectivity index is 2.22. The number of hydrogen-bond acceptors (Lipinski definition) is 4. The van der Waals surface area contributed by atoms with Crippen LogP contribution in [0.4, 0.5) is 0 Å². The lowest BCUT2D eigenvalue weighted by molar-refractivity contribution is 0.260. The summed E-state index contributed by atoms with van der Waals surface area (Å²) in [6.07, 6.45) is 6.29. The molecule has 19 heavy (non-hydrogen) atoms. The maximum Gasteiger partial charge on any atom is 0.212 e. The molecule has 3 rings (SSSR count). The molecule has 1 saturated heterocycles. The summed E-state index contributed by atoms with van der Waals surface area (Å²) in [6, 6.07) is 3.66. The van der Waals surface area contributed by atoms with E-state index < -0.39 is 15.6 Å². The van der Waals surface area contributed by atoms with E-state index in [4.69, 9.17) is 0 Å². The first kappa shape index (κ1) is 12.6. The molecule has 6 nitrogen and oxygen atoms in total. The Hall–Kier alpha value is -1.47. The summed E-state index contributed by atoms with van der Waals surface area (Å²) in [5, 5.41) is 4.26. The molecule has 0 spiro atoms. The molecule has 2 aromatic heterocycles. The summed E-state index contributed by atoms with van der Waals surface area (Å²) in [7, 11) is -3.24. The topological polar surface area (TPSA) is 67.6 Å². The van der Waals surface area contributed by atoms with Gasteiger partial charge in [-0.3, -0.25) is 0 Å². The van der Waals surface area contributed by atoms with Crippen molar-refractivity contribution in [1.29, 1.82) is 0 Å². The fourth-order valence-corrected chi connectivity index (χ4v) is 4.35. The molecule has 0 radical (unpaired) electrons. The maximum atomic E-state index is 12.0. The van der Waals surface area contributed by atoms with E-state index in [2.05, 4.69) is 10.1 Å². The number of nitrogens with zero attached hydrogens (tertiary/aromatic N) is 4. The molecule has 1 fully saturated rings. The van der Waals surface area contributed by atoms with Crippen LogP contribution in [0.2, 0.25) is 0 Å². The number of rotatable bonds is 2. The lowest BCUT2D eigenvalue weighted by atomic mass is 9.95. The van der Waals surface area contributed by atoms with Crippen molar-refractivity contribution < 1.29 is 8.42 Å². The lowest BCUT2D eigenvalue weighted by Crippen LogP contribution is -2.43. The third-order valence-corrected chi connectivity index (χ3v) is 5.20. The van der Waals surface area contributed by atoms with E-state index in [-0.39, 0.29) is 0 Å². The molecule has 0 aromatic carbocycles. The van der Waals surface area contributed by atoms with Crippen molar-refractivity contribution in [3.8, 4) is 0 Å². The predicted octanol–water partition coefficient (Wildman–Crippen LogP) is 1.000. The fraction of sp³-hybridized carbons (Fsp3) is 0.500. The minimum atomic E-state index is -3.24. The Kier molecular flexibility index (Phi) is 2.65. The van der Waals surface area contributed by atoms with E-state index in [0.717, 1.165) is 24.2 Å². The van der Waals surface area contributed by atoms with Crippen LogP contribution in [0.3, 0.4) is 0 Å². The van der Waals surface area contributed by atoms with Crippen LogP contribution in [-0.2, 0) is 15.6 Å². The van der Waals surface area contributed by atoms with Crippen LogP contribution in [0.1, 0.15) is 25.5 Å². The smallest absolute Gasteiger partial charge is 0.212 e. The normalized spacial score (nSPS) is 25.2. The molecular formula is C12H16N4O2S. The van der Waals surface area contributed by atoms with Gasteiger partial charge in [0.15, 0.2) is 5.65 Å². The Morgan fingerprint density at radius 3 is 2.84 bits per heavy atom. The summed E-state index contributed by atoms with van der Waals surface area (Å²) >= 11 is 0. The van der Waals surface area contributed by atoms with Gasteiger partial charge in [0.05, 0.1) is 23.7 Å². The van der Waals surface area contributed by atoms with Crippen molar-refractivity contribution in [2.45, 2.75) is 25.3 Å². The highest BCUT2D eigenvalue weighted by Gasteiger charge is 2.44. The van der Waals surface area contributed by atoms with E-state index in [9.17, 15) is 8.42 Å². The zero-order chi connectivity index (χ0) is 13.7. The van der Waals surface area contributed by atoms with Gasteiger partial charge in [-0.15, -0.1) is 0 Å². The lowest BCUT2D eigenvalue weighted by Gasteiger charge is -2.33. The average molecular weight is 280 g/mol. The molecule has 1 atom stereocenters. The van der Waals surface area contributed by atoms with Gasteiger partial charge in [-0.1, -0.05) is 0 Å². The van der Waals surface area contributed by atoms with Crippen molar-refractivity contribution in [2.75, 3.05) is 12.8 Å². The van der Waals surface area contributed by atoms with Gasteiger partial charge in [-0.05, 0) is 25.8 Å². The van der Waals surface area contributed by atoms with Crippen LogP contribution in [-0.4, -0.2) is 40.1 Å². The van der Waals surface area contributed by atoms with Crippen molar-refractivity contribution >= 4 is 15.7 Å². The summed E-state index contributed by atoms with van der Waals surface area (Å²) in [5.74, 6) is 0. The highest BCUT2D eigenvalue weighted by atomic mass is 32.2. The first-order chi connectivity index (χ1) is 8.93. The minimum absolute atomic E-state index is 0.555. The van der Waals surface area contributed by atoms with Crippen LogP contribution in [0, 0.1) is 0 Å². The molecule has 2 aromatic rings. The van der Waals surface area contributed by atoms with Crippen molar-refractivity contribution in [2.24, 2.45) is 0 Å². The van der Waals surface area contributed by atoms with E-state index in [1.807, 2.05) is 19.1 Å². The monoisotopic (exact) mass is 280 g/mol. The SMILES string of the molecule is C[C@@]1(c2ccnc3ccnn23)CCCN1S(C)(=O)=O. The van der Waals surface area contributed by atoms with Crippen LogP contribution in [0.25, 0.3) is 5.65 Å². The Labute approximate surface area is 112 Å². The van der Waals surface area contributed by atoms with Gasteiger partial charge >= 0.3 is 0 Å². The van der Waals surface area contributed by atoms with Crippen molar-refractivity contribution in [1.82, 2.24) is 18.9 Å². The van der Waals surface area contributed by atoms with Crippen LogP contribution in [0.15, 0.2) is 24.5 Å². The molecule has 0 saturated carbocycles. The zero-order valence-electron chi connectivity index (χ0n) is 10.9. The summed E-state index contributed by atoms with van der Waals surface area (Å²) in [5.41, 5.74) is 1.05. The van der Waals surface area contributed by atoms with E-state index in [1.54, 1.807) is 21.2 Å². The molecule has 102 valence electrons. The van der Waals surface area contributed by atoms with E-state index >= 15 is 0 Å². The first-order valence-corrected chi connectivity index (χ1v) is 8.05. The van der Waals surface area contributed by atoms with Gasteiger partial charge in [0.2, 0.25) is 10.0 Å². The fourth-order valence-electron chi connectivity index (χ4n) is 2.97. The third kappa shape index (κ3) is 1.84. The van der Waals surface area contributed by atoms with Crippen LogP contribution < -0.4 is 0 Å². The van der Waals surface area contributed by atoms with Crippen molar-refractivity contribution in [3.63, 3.8) is 0 Å². The van der Waals surface area contributed by atoms with Gasteiger partial charge in [0.1, 0.15) is 0 Å². The average Bonchev–Trinajstić information content (AvgIpc) is 2.93. The molecule has 0 N–H and O–H groups in total. The van der Waals surface area contributed by atoms with Crippen LogP contribution >= 0.6 is 0 Å². The molecule has 7 heteroatoms. The molecule has 0 amide bonds. The molecule has 3 heterocycles. The standard InChI is InChI=1S/C12H16N4O2S/c1-12(6-3-9-15(12)19(2,17)18)10-4-7-13-11-5-8-14-16(10)11/h4-5,7-8H,3,6,9H2,1-2H3/t12-/m0/s1. The van der Waals surface area contributed by atoms with Crippen molar-refractivity contribution in [3.05, 3.63) is 30.2 Å². The van der Waals surface area contributed by atoms with E-state index in [0.29, 0.717) is 6.54 Å². The summed E-state index contributed by atoms with van der Waals surface area (Å²) in [4.78, 5) is 4.22. The highest BCUT2D eigenvalue weighted by Crippen LogP contribution is 2.39. The Morgan fingerprint density at radius 2 is 2.11 bits per heavy atom. The van der Waals surface area contributed by atoms with Gasteiger partial charge < -0.3 is 0 Å². The number of hydrogen-bond donors (Lipinski definition) is 0. The minimum Gasteiger partial charge on any atom is -0.237 e. The summed E-state index contributed by atoms with van der Waals surface area (Å²) < 4.78 is 27.2. The second-order valence-electron chi connectivity index (χ2n) is 5.14. The van der Waals surface area contributed by atoms with Crippen LogP contribution in [0.5, 0.6) is 0 Å². The van der Waals surface area contributed by atoms with E-state index in [1.165, 1.54) is 6.26 Å². The second kappa shape index (κ2) is 4.01. The number of sulfonamides is 1. The second-order valence-corrected chi connectivity index (χ2v) is 7.05. The third-order valence-electron chi connectivity index (χ3n) is 3.82. The molecule has 0 unspecified atom stereocenters. The molecular weight excluding hydrogens is 264 g/mol. The molecule has 0 bridgehead atoms. The zero-order valence-corrected chi connectivity index (χ0v) is 11.8. The van der Waals surface area contributed by atoms with Gasteiger partial charge in [-0.2, -0.15) is 9.40 Å². The Bertz CT molecular complexity index is 724. The highest BCUT2D eigenvalue weighted by molar-refractivity contribution is 7.88. The predicted molar refractivity (Wildman–Crippen MR) is 71.1 cm³/mol. The molecule has 1 aliphatic heterocycles. The largest absolute Gasteiger partial charge is 0.237 e. The molecule has 1 aliphatic rings. The van der Waals surface area contributed by atoms with Gasteiger partial charge in [-0.25, -0.2) is 17.9 Å². The number of aromatic nitrogens is 3. The quantitative estimate of drug-likeness (QED) is 0.823. The Morgan fingerprint density at radius 1 is 1.32 bits per heavy atom. The number of fused-ring (bicyclic) bond motifs is 1.